The van der Waals surface area contributed by atoms with Gasteiger partial charge >= 0.3 is 5.63 Å². The van der Waals surface area contributed by atoms with Crippen LogP contribution in [-0.4, -0.2) is 42.0 Å². The van der Waals surface area contributed by atoms with Crippen LogP contribution in [0.25, 0.3) is 11.0 Å². The highest BCUT2D eigenvalue weighted by molar-refractivity contribution is 6.30. The summed E-state index contributed by atoms with van der Waals surface area (Å²) in [6.45, 7) is 5.01. The molecule has 0 atom stereocenters. The Bertz CT molecular complexity index is 1130. The van der Waals surface area contributed by atoms with Crippen molar-refractivity contribution in [3.05, 3.63) is 69.0 Å². The minimum absolute atomic E-state index is 0.0178. The lowest BCUT2D eigenvalue weighted by molar-refractivity contribution is 0.101. The number of Topliss-reactive ketones (excluding diaryl/α,β-unsaturated/α-hetero) is 1. The Hall–Kier alpha value is -2.83. The van der Waals surface area contributed by atoms with Crippen molar-refractivity contribution < 1.29 is 14.3 Å². The summed E-state index contributed by atoms with van der Waals surface area (Å²) in [5, 5.41) is 11.7. The molecule has 6 nitrogen and oxygen atoms in total. The van der Waals surface area contributed by atoms with Gasteiger partial charge in [-0.05, 0) is 43.3 Å². The van der Waals surface area contributed by atoms with Crippen LogP contribution in [0.4, 0.5) is 5.69 Å². The number of fused-ring (bicyclic) bond motifs is 1. The van der Waals surface area contributed by atoms with Gasteiger partial charge in [-0.2, -0.15) is 0 Å². The average molecular weight is 413 g/mol. The first-order chi connectivity index (χ1) is 13.9. The molecule has 0 saturated carbocycles. The third kappa shape index (κ3) is 3.99. The predicted octanol–water partition coefficient (Wildman–Crippen LogP) is 3.68. The van der Waals surface area contributed by atoms with E-state index in [-0.39, 0.29) is 17.1 Å². The monoisotopic (exact) mass is 412 g/mol. The molecule has 4 rings (SSSR count). The van der Waals surface area contributed by atoms with Gasteiger partial charge in [-0.25, -0.2) is 4.79 Å². The number of carbonyl (C=O) groups is 1. The van der Waals surface area contributed by atoms with Crippen molar-refractivity contribution in [2.24, 2.45) is 0 Å². The topological polar surface area (TPSA) is 74.0 Å². The molecule has 0 unspecified atom stereocenters. The van der Waals surface area contributed by atoms with Gasteiger partial charge in [-0.1, -0.05) is 17.7 Å². The second kappa shape index (κ2) is 7.89. The van der Waals surface area contributed by atoms with Crippen molar-refractivity contribution in [1.82, 2.24) is 4.90 Å². The summed E-state index contributed by atoms with van der Waals surface area (Å²) in [6, 6.07) is 12.5. The molecule has 0 bridgehead atoms. The lowest BCUT2D eigenvalue weighted by atomic mass is 10.1. The van der Waals surface area contributed by atoms with E-state index in [1.54, 1.807) is 12.1 Å². The molecule has 0 amide bonds. The highest BCUT2D eigenvalue weighted by Crippen LogP contribution is 2.29. The summed E-state index contributed by atoms with van der Waals surface area (Å²) in [5.74, 6) is -0.263. The number of anilines is 1. The summed E-state index contributed by atoms with van der Waals surface area (Å²) >= 11 is 6.09. The first-order valence-corrected chi connectivity index (χ1v) is 9.82. The van der Waals surface area contributed by atoms with E-state index in [2.05, 4.69) is 9.80 Å². The molecule has 7 heteroatoms. The molecule has 1 aliphatic rings. The second-order valence-electron chi connectivity index (χ2n) is 7.23. The molecule has 29 heavy (non-hydrogen) atoms. The minimum Gasteiger partial charge on any atom is -0.507 e. The number of rotatable bonds is 4. The molecule has 1 aromatic heterocycles. The predicted molar refractivity (Wildman–Crippen MR) is 113 cm³/mol. The largest absolute Gasteiger partial charge is 0.507 e. The molecule has 1 aliphatic heterocycles. The molecule has 0 aliphatic carbocycles. The Morgan fingerprint density at radius 1 is 1.14 bits per heavy atom. The number of hydrogen-bond acceptors (Lipinski definition) is 6. The van der Waals surface area contributed by atoms with E-state index in [0.717, 1.165) is 31.9 Å². The third-order valence-corrected chi connectivity index (χ3v) is 5.52. The summed E-state index contributed by atoms with van der Waals surface area (Å²) in [6.07, 6.45) is 0. The fourth-order valence-electron chi connectivity index (χ4n) is 3.69. The number of ketones is 1. The van der Waals surface area contributed by atoms with Crippen LogP contribution >= 0.6 is 11.6 Å². The van der Waals surface area contributed by atoms with Crippen LogP contribution in [0.5, 0.6) is 5.75 Å². The van der Waals surface area contributed by atoms with Crippen molar-refractivity contribution in [2.45, 2.75) is 13.5 Å². The van der Waals surface area contributed by atoms with Gasteiger partial charge < -0.3 is 14.4 Å². The Kier molecular flexibility index (Phi) is 5.30. The third-order valence-electron chi connectivity index (χ3n) is 5.29. The maximum atomic E-state index is 12.2. The van der Waals surface area contributed by atoms with Crippen LogP contribution in [0.1, 0.15) is 22.8 Å². The number of phenols is 1. The number of carbonyl (C=O) groups excluding carboxylic acids is 1. The van der Waals surface area contributed by atoms with Crippen molar-refractivity contribution in [1.29, 1.82) is 0 Å². The van der Waals surface area contributed by atoms with Crippen LogP contribution in [0, 0.1) is 0 Å². The molecule has 1 N–H and O–H groups in total. The fraction of sp³-hybridized carbons (Fsp3) is 0.273. The highest BCUT2D eigenvalue weighted by Gasteiger charge is 2.21. The molecular formula is C22H21ClN2O4. The Morgan fingerprint density at radius 2 is 1.90 bits per heavy atom. The van der Waals surface area contributed by atoms with Crippen LogP contribution in [-0.2, 0) is 6.54 Å². The normalized spacial score (nSPS) is 15.0. The van der Waals surface area contributed by atoms with Crippen LogP contribution in [0.15, 0.2) is 51.7 Å². The zero-order valence-electron chi connectivity index (χ0n) is 16.0. The number of halogens is 1. The number of benzene rings is 2. The molecule has 1 saturated heterocycles. The summed E-state index contributed by atoms with van der Waals surface area (Å²) < 4.78 is 5.42. The lowest BCUT2D eigenvalue weighted by Crippen LogP contribution is -2.46. The van der Waals surface area contributed by atoms with E-state index in [1.165, 1.54) is 13.0 Å². The molecule has 2 heterocycles. The summed E-state index contributed by atoms with van der Waals surface area (Å²) in [4.78, 5) is 28.2. The molecule has 0 radical (unpaired) electrons. The van der Waals surface area contributed by atoms with Gasteiger partial charge in [0.15, 0.2) is 5.78 Å². The van der Waals surface area contributed by atoms with Crippen LogP contribution in [0.2, 0.25) is 5.02 Å². The van der Waals surface area contributed by atoms with Gasteiger partial charge in [0.05, 0.1) is 5.56 Å². The Labute approximate surface area is 172 Å². The lowest BCUT2D eigenvalue weighted by Gasteiger charge is -2.36. The maximum Gasteiger partial charge on any atom is 0.347 e. The maximum absolute atomic E-state index is 12.2. The van der Waals surface area contributed by atoms with Crippen LogP contribution in [0.3, 0.4) is 0 Å². The van der Waals surface area contributed by atoms with E-state index in [9.17, 15) is 14.7 Å². The first kappa shape index (κ1) is 19.5. The van der Waals surface area contributed by atoms with Gasteiger partial charge in [0.2, 0.25) is 0 Å². The van der Waals surface area contributed by atoms with Crippen molar-refractivity contribution in [3.8, 4) is 5.75 Å². The van der Waals surface area contributed by atoms with E-state index in [4.69, 9.17) is 16.0 Å². The quantitative estimate of drug-likeness (QED) is 0.520. The zero-order valence-corrected chi connectivity index (χ0v) is 16.8. The van der Waals surface area contributed by atoms with Gasteiger partial charge in [-0.15, -0.1) is 0 Å². The summed E-state index contributed by atoms with van der Waals surface area (Å²) in [7, 11) is 0. The molecule has 150 valence electrons. The first-order valence-electron chi connectivity index (χ1n) is 9.45. The molecular weight excluding hydrogens is 392 g/mol. The minimum atomic E-state index is -0.678. The van der Waals surface area contributed by atoms with Gasteiger partial charge in [-0.3, -0.25) is 9.69 Å². The van der Waals surface area contributed by atoms with E-state index in [0.29, 0.717) is 28.1 Å². The van der Waals surface area contributed by atoms with E-state index < -0.39 is 5.63 Å². The number of hydrogen-bond donors (Lipinski definition) is 1. The highest BCUT2D eigenvalue weighted by atomic mass is 35.5. The molecule has 1 fully saturated rings. The van der Waals surface area contributed by atoms with Crippen molar-refractivity contribution in [2.75, 3.05) is 31.1 Å². The Balaban J connectivity index is 1.55. The van der Waals surface area contributed by atoms with Gasteiger partial charge in [0.25, 0.3) is 0 Å². The van der Waals surface area contributed by atoms with Gasteiger partial charge in [0.1, 0.15) is 16.9 Å². The van der Waals surface area contributed by atoms with E-state index in [1.807, 2.05) is 24.3 Å². The molecule has 2 aromatic carbocycles. The fourth-order valence-corrected chi connectivity index (χ4v) is 3.88. The smallest absolute Gasteiger partial charge is 0.347 e. The summed E-state index contributed by atoms with van der Waals surface area (Å²) in [5.41, 5.74) is 1.32. The number of aromatic hydroxyl groups is 1. The molecule has 3 aromatic rings. The molecule has 0 spiro atoms. The zero-order chi connectivity index (χ0) is 20.5. The van der Waals surface area contributed by atoms with Crippen molar-refractivity contribution in [3.63, 3.8) is 0 Å². The van der Waals surface area contributed by atoms with Gasteiger partial charge in [0, 0.05) is 48.8 Å². The van der Waals surface area contributed by atoms with E-state index >= 15 is 0 Å². The Morgan fingerprint density at radius 3 is 2.59 bits per heavy atom. The SMILES string of the molecule is CC(=O)c1cc2ccc(O)c(CN3CCN(c4cccc(Cl)c4)CC3)c2oc1=O. The standard InChI is InChI=1S/C22H21ClN2O4/c1-14(26)18-11-15-5-6-20(27)19(21(15)29-22(18)28)13-24-7-9-25(10-8-24)17-4-2-3-16(23)12-17/h2-6,11-12,27H,7-10,13H2,1H3. The number of piperazine rings is 1. The van der Waals surface area contributed by atoms with Crippen molar-refractivity contribution >= 4 is 34.0 Å². The number of phenolic OH excluding ortho intramolecular Hbond substituents is 1. The average Bonchev–Trinajstić information content (AvgIpc) is 2.70. The number of nitrogens with zero attached hydrogens (tertiary/aromatic N) is 2. The van der Waals surface area contributed by atoms with Crippen LogP contribution < -0.4 is 10.5 Å². The second-order valence-corrected chi connectivity index (χ2v) is 7.66.